The molecule has 0 radical (unpaired) electrons. The Balaban J connectivity index is 1.78. The van der Waals surface area contributed by atoms with Gasteiger partial charge in [-0.25, -0.2) is 0 Å². The van der Waals surface area contributed by atoms with Crippen molar-refractivity contribution in [2.45, 2.75) is 32.2 Å². The lowest BCUT2D eigenvalue weighted by Crippen LogP contribution is -2.14. The first-order valence-corrected chi connectivity index (χ1v) is 6.01. The fraction of sp³-hybridized carbons (Fsp3) is 0.462. The van der Waals surface area contributed by atoms with Crippen LogP contribution in [-0.4, -0.2) is 16.2 Å². The smallest absolute Gasteiger partial charge is 0.0670 e. The van der Waals surface area contributed by atoms with Gasteiger partial charge in [-0.3, -0.25) is 5.10 Å². The van der Waals surface area contributed by atoms with E-state index in [1.54, 1.807) is 0 Å². The maximum atomic E-state index is 4.03. The zero-order chi connectivity index (χ0) is 11.0. The van der Waals surface area contributed by atoms with E-state index in [0.29, 0.717) is 6.04 Å². The Morgan fingerprint density at radius 1 is 1.38 bits per heavy atom. The van der Waals surface area contributed by atoms with E-state index in [1.165, 1.54) is 30.3 Å². The number of anilines is 1. The van der Waals surface area contributed by atoms with Gasteiger partial charge in [0.1, 0.15) is 0 Å². The van der Waals surface area contributed by atoms with Gasteiger partial charge in [-0.05, 0) is 43.4 Å². The number of hydrogen-bond acceptors (Lipinski definition) is 2. The van der Waals surface area contributed by atoms with E-state index in [4.69, 9.17) is 0 Å². The molecule has 1 aromatic carbocycles. The van der Waals surface area contributed by atoms with Crippen molar-refractivity contribution in [3.05, 3.63) is 24.4 Å². The number of aromatic amines is 1. The predicted octanol–water partition coefficient (Wildman–Crippen LogP) is 3.16. The topological polar surface area (TPSA) is 40.7 Å². The maximum Gasteiger partial charge on any atom is 0.0670 e. The molecule has 2 unspecified atom stereocenters. The van der Waals surface area contributed by atoms with Crippen molar-refractivity contribution in [3.63, 3.8) is 0 Å². The molecule has 0 bridgehead atoms. The van der Waals surface area contributed by atoms with Crippen LogP contribution in [0, 0.1) is 5.92 Å². The SMILES string of the molecule is CC1CCC(Nc2ccc3cn[nH]c3c2)C1. The Morgan fingerprint density at radius 2 is 2.31 bits per heavy atom. The molecule has 1 saturated carbocycles. The van der Waals surface area contributed by atoms with Crippen molar-refractivity contribution in [2.75, 3.05) is 5.32 Å². The maximum absolute atomic E-state index is 4.03. The number of aromatic nitrogens is 2. The van der Waals surface area contributed by atoms with Crippen molar-refractivity contribution in [2.24, 2.45) is 5.92 Å². The highest BCUT2D eigenvalue weighted by Crippen LogP contribution is 2.28. The number of nitrogens with one attached hydrogen (secondary N) is 2. The molecular weight excluding hydrogens is 198 g/mol. The van der Waals surface area contributed by atoms with Crippen LogP contribution in [-0.2, 0) is 0 Å². The monoisotopic (exact) mass is 215 g/mol. The number of benzene rings is 1. The summed E-state index contributed by atoms with van der Waals surface area (Å²) in [5.41, 5.74) is 2.31. The normalized spacial score (nSPS) is 25.1. The summed E-state index contributed by atoms with van der Waals surface area (Å²) in [6, 6.07) is 7.04. The zero-order valence-corrected chi connectivity index (χ0v) is 9.53. The van der Waals surface area contributed by atoms with Gasteiger partial charge >= 0.3 is 0 Å². The molecule has 16 heavy (non-hydrogen) atoms. The molecule has 0 saturated heterocycles. The van der Waals surface area contributed by atoms with Gasteiger partial charge < -0.3 is 5.32 Å². The lowest BCUT2D eigenvalue weighted by atomic mass is 10.1. The highest BCUT2D eigenvalue weighted by molar-refractivity contribution is 5.81. The van der Waals surface area contributed by atoms with Crippen molar-refractivity contribution in [1.29, 1.82) is 0 Å². The van der Waals surface area contributed by atoms with E-state index in [1.807, 2.05) is 6.20 Å². The van der Waals surface area contributed by atoms with Gasteiger partial charge in [0.05, 0.1) is 11.7 Å². The van der Waals surface area contributed by atoms with Crippen LogP contribution in [0.4, 0.5) is 5.69 Å². The third-order valence-electron chi connectivity index (χ3n) is 3.51. The number of hydrogen-bond donors (Lipinski definition) is 2. The second-order valence-electron chi connectivity index (χ2n) is 4.93. The zero-order valence-electron chi connectivity index (χ0n) is 9.53. The molecule has 1 aromatic heterocycles. The third kappa shape index (κ3) is 1.77. The van der Waals surface area contributed by atoms with Crippen LogP contribution in [0.3, 0.4) is 0 Å². The molecule has 0 aliphatic heterocycles. The molecule has 3 nitrogen and oxygen atoms in total. The summed E-state index contributed by atoms with van der Waals surface area (Å²) in [4.78, 5) is 0. The lowest BCUT2D eigenvalue weighted by molar-refractivity contribution is 0.602. The van der Waals surface area contributed by atoms with Crippen LogP contribution in [0.2, 0.25) is 0 Å². The van der Waals surface area contributed by atoms with Crippen LogP contribution in [0.1, 0.15) is 26.2 Å². The Labute approximate surface area is 95.2 Å². The molecule has 84 valence electrons. The molecule has 0 spiro atoms. The van der Waals surface area contributed by atoms with E-state index >= 15 is 0 Å². The van der Waals surface area contributed by atoms with Crippen LogP contribution < -0.4 is 5.32 Å². The fourth-order valence-corrected chi connectivity index (χ4v) is 2.60. The number of fused-ring (bicyclic) bond motifs is 1. The second-order valence-corrected chi connectivity index (χ2v) is 4.93. The lowest BCUT2D eigenvalue weighted by Gasteiger charge is -2.13. The van der Waals surface area contributed by atoms with Gasteiger partial charge in [0.2, 0.25) is 0 Å². The standard InChI is InChI=1S/C13H17N3/c1-9-2-4-11(6-9)15-12-5-3-10-8-14-16-13(10)7-12/h3,5,7-9,11,15H,2,4,6H2,1H3,(H,14,16). The van der Waals surface area contributed by atoms with E-state index in [2.05, 4.69) is 40.6 Å². The molecule has 2 atom stereocenters. The average Bonchev–Trinajstić information content (AvgIpc) is 2.87. The highest BCUT2D eigenvalue weighted by Gasteiger charge is 2.20. The predicted molar refractivity (Wildman–Crippen MR) is 66.5 cm³/mol. The van der Waals surface area contributed by atoms with E-state index in [-0.39, 0.29) is 0 Å². The molecule has 1 aliphatic rings. The molecule has 1 fully saturated rings. The first-order chi connectivity index (χ1) is 7.81. The van der Waals surface area contributed by atoms with E-state index in [0.717, 1.165) is 11.4 Å². The van der Waals surface area contributed by atoms with Gasteiger partial charge in [0, 0.05) is 17.1 Å². The minimum atomic E-state index is 0.648. The largest absolute Gasteiger partial charge is 0.382 e. The minimum Gasteiger partial charge on any atom is -0.382 e. The molecule has 0 amide bonds. The molecule has 2 aromatic rings. The number of H-pyrrole nitrogens is 1. The van der Waals surface area contributed by atoms with Crippen molar-refractivity contribution in [3.8, 4) is 0 Å². The molecule has 3 heteroatoms. The summed E-state index contributed by atoms with van der Waals surface area (Å²) in [6.07, 6.45) is 5.80. The van der Waals surface area contributed by atoms with Crippen LogP contribution in [0.25, 0.3) is 10.9 Å². The number of rotatable bonds is 2. The van der Waals surface area contributed by atoms with Gasteiger partial charge in [-0.1, -0.05) is 6.92 Å². The van der Waals surface area contributed by atoms with E-state index < -0.39 is 0 Å². The first kappa shape index (κ1) is 9.70. The van der Waals surface area contributed by atoms with Crippen molar-refractivity contribution < 1.29 is 0 Å². The van der Waals surface area contributed by atoms with Gasteiger partial charge in [-0.2, -0.15) is 5.10 Å². The molecule has 1 aliphatic carbocycles. The summed E-state index contributed by atoms with van der Waals surface area (Å²) in [7, 11) is 0. The van der Waals surface area contributed by atoms with Crippen LogP contribution >= 0.6 is 0 Å². The average molecular weight is 215 g/mol. The van der Waals surface area contributed by atoms with Gasteiger partial charge in [0.15, 0.2) is 0 Å². The molecular formula is C13H17N3. The second kappa shape index (κ2) is 3.81. The minimum absolute atomic E-state index is 0.648. The highest BCUT2D eigenvalue weighted by atomic mass is 15.1. The fourth-order valence-electron chi connectivity index (χ4n) is 2.60. The van der Waals surface area contributed by atoms with Crippen LogP contribution in [0.5, 0.6) is 0 Å². The Morgan fingerprint density at radius 3 is 3.12 bits per heavy atom. The Kier molecular flexibility index (Phi) is 2.31. The van der Waals surface area contributed by atoms with Crippen LogP contribution in [0.15, 0.2) is 24.4 Å². The van der Waals surface area contributed by atoms with E-state index in [9.17, 15) is 0 Å². The van der Waals surface area contributed by atoms with Gasteiger partial charge in [-0.15, -0.1) is 0 Å². The molecule has 3 rings (SSSR count). The number of nitrogens with zero attached hydrogens (tertiary/aromatic N) is 1. The first-order valence-electron chi connectivity index (χ1n) is 6.01. The van der Waals surface area contributed by atoms with Crippen molar-refractivity contribution in [1.82, 2.24) is 10.2 Å². The summed E-state index contributed by atoms with van der Waals surface area (Å²) < 4.78 is 0. The van der Waals surface area contributed by atoms with Gasteiger partial charge in [0.25, 0.3) is 0 Å². The molecule has 2 N–H and O–H groups in total. The Hall–Kier alpha value is -1.51. The summed E-state index contributed by atoms with van der Waals surface area (Å²) in [5.74, 6) is 0.869. The molecule has 1 heterocycles. The summed E-state index contributed by atoms with van der Waals surface area (Å²) in [5, 5.41) is 11.8. The summed E-state index contributed by atoms with van der Waals surface area (Å²) in [6.45, 7) is 2.33. The van der Waals surface area contributed by atoms with Crippen molar-refractivity contribution >= 4 is 16.6 Å². The third-order valence-corrected chi connectivity index (χ3v) is 3.51. The summed E-state index contributed by atoms with van der Waals surface area (Å²) >= 11 is 0. The Bertz CT molecular complexity index is 489. The quantitative estimate of drug-likeness (QED) is 0.807.